The highest BCUT2D eigenvalue weighted by molar-refractivity contribution is 5.91. The molecule has 0 aliphatic heterocycles. The van der Waals surface area contributed by atoms with Crippen LogP contribution < -0.4 is 14.8 Å². The van der Waals surface area contributed by atoms with Crippen molar-refractivity contribution in [2.45, 2.75) is 60.0 Å². The number of aromatic nitrogens is 4. The second kappa shape index (κ2) is 11.0. The second-order valence-corrected chi connectivity index (χ2v) is 10.2. The molecule has 4 aromatic rings. The fraction of sp³-hybridized carbons (Fsp3) is 0.357. The molecule has 9 heteroatoms. The molecule has 0 radical (unpaired) electrons. The normalized spacial score (nSPS) is 12.5. The number of hydrogen-bond donors (Lipinski definition) is 2. The first-order valence-electron chi connectivity index (χ1n) is 12.2. The monoisotopic (exact) mass is 503 g/mol. The van der Waals surface area contributed by atoms with Crippen molar-refractivity contribution in [3.8, 4) is 11.6 Å². The van der Waals surface area contributed by atoms with Gasteiger partial charge in [0.1, 0.15) is 12.4 Å². The van der Waals surface area contributed by atoms with Gasteiger partial charge in [-0.3, -0.25) is 10.1 Å². The van der Waals surface area contributed by atoms with Crippen molar-refractivity contribution in [1.29, 1.82) is 0 Å². The van der Waals surface area contributed by atoms with Crippen LogP contribution in [0.4, 0.5) is 5.95 Å². The summed E-state index contributed by atoms with van der Waals surface area (Å²) in [7, 11) is 0. The molecular formula is C28H33N5O4. The Kier molecular flexibility index (Phi) is 7.73. The first-order valence-corrected chi connectivity index (χ1v) is 12.2. The zero-order valence-electron chi connectivity index (χ0n) is 21.8. The fourth-order valence-corrected chi connectivity index (χ4v) is 3.50. The van der Waals surface area contributed by atoms with E-state index >= 15 is 0 Å². The van der Waals surface area contributed by atoms with Crippen molar-refractivity contribution in [2.24, 2.45) is 5.41 Å². The Morgan fingerprint density at radius 1 is 1.03 bits per heavy atom. The van der Waals surface area contributed by atoms with Crippen LogP contribution in [-0.4, -0.2) is 36.8 Å². The molecule has 2 N–H and O–H groups in total. The van der Waals surface area contributed by atoms with Gasteiger partial charge in [0.15, 0.2) is 11.2 Å². The molecule has 0 aliphatic carbocycles. The number of aliphatic hydroxyl groups is 1. The minimum Gasteiger partial charge on any atom is -0.471 e. The second-order valence-electron chi connectivity index (χ2n) is 10.2. The Labute approximate surface area is 216 Å². The predicted octanol–water partition coefficient (Wildman–Crippen LogP) is 4.91. The van der Waals surface area contributed by atoms with Crippen LogP contribution in [-0.2, 0) is 17.8 Å². The average molecular weight is 504 g/mol. The Morgan fingerprint density at radius 2 is 1.73 bits per heavy atom. The van der Waals surface area contributed by atoms with Gasteiger partial charge in [-0.1, -0.05) is 63.2 Å². The quantitative estimate of drug-likeness (QED) is 0.312. The maximum Gasteiger partial charge on any atom is 0.247 e. The van der Waals surface area contributed by atoms with Gasteiger partial charge >= 0.3 is 0 Å². The number of anilines is 1. The SMILES string of the molecule is CC(C)n1cnc2c(OCc3ccc(OC(O)C(C)(C)C)cc3)nc(NC(=O)Cc3ccccc3)nc21. The van der Waals surface area contributed by atoms with Crippen molar-refractivity contribution in [3.63, 3.8) is 0 Å². The zero-order valence-corrected chi connectivity index (χ0v) is 21.8. The first kappa shape index (κ1) is 26.1. The number of aliphatic hydroxyl groups excluding tert-OH is 1. The highest BCUT2D eigenvalue weighted by Crippen LogP contribution is 2.27. The van der Waals surface area contributed by atoms with Crippen LogP contribution in [0, 0.1) is 5.41 Å². The third-order valence-electron chi connectivity index (χ3n) is 5.69. The Bertz CT molecular complexity index is 1350. The lowest BCUT2D eigenvalue weighted by molar-refractivity contribution is -0.115. The molecule has 1 atom stereocenters. The van der Waals surface area contributed by atoms with Gasteiger partial charge in [-0.25, -0.2) is 4.98 Å². The van der Waals surface area contributed by atoms with Gasteiger partial charge in [-0.2, -0.15) is 9.97 Å². The molecule has 9 nitrogen and oxygen atoms in total. The lowest BCUT2D eigenvalue weighted by Gasteiger charge is -2.26. The van der Waals surface area contributed by atoms with E-state index in [0.717, 1.165) is 11.1 Å². The van der Waals surface area contributed by atoms with Gasteiger partial charge in [-0.15, -0.1) is 0 Å². The summed E-state index contributed by atoms with van der Waals surface area (Å²) in [6, 6.07) is 16.9. The van der Waals surface area contributed by atoms with E-state index in [-0.39, 0.29) is 36.8 Å². The number of carbonyl (C=O) groups is 1. The number of nitrogens with zero attached hydrogens (tertiary/aromatic N) is 4. The number of benzene rings is 2. The van der Waals surface area contributed by atoms with Crippen molar-refractivity contribution >= 4 is 23.0 Å². The van der Waals surface area contributed by atoms with Crippen LogP contribution in [0.25, 0.3) is 11.2 Å². The lowest BCUT2D eigenvalue weighted by atomic mass is 9.96. The summed E-state index contributed by atoms with van der Waals surface area (Å²) >= 11 is 0. The van der Waals surface area contributed by atoms with Gasteiger partial charge in [-0.05, 0) is 37.1 Å². The highest BCUT2D eigenvalue weighted by atomic mass is 16.6. The van der Waals surface area contributed by atoms with E-state index < -0.39 is 11.7 Å². The van der Waals surface area contributed by atoms with E-state index in [1.54, 1.807) is 18.5 Å². The summed E-state index contributed by atoms with van der Waals surface area (Å²) in [6.07, 6.45) is 0.981. The molecular weight excluding hydrogens is 470 g/mol. The molecule has 0 saturated carbocycles. The third-order valence-corrected chi connectivity index (χ3v) is 5.69. The molecule has 0 bridgehead atoms. The smallest absolute Gasteiger partial charge is 0.247 e. The van der Waals surface area contributed by atoms with Crippen LogP contribution in [0.2, 0.25) is 0 Å². The molecule has 2 heterocycles. The number of imidazole rings is 1. The standard InChI is InChI=1S/C28H33N5O4/c1-18(2)33-17-29-23-24(33)31-27(30-22(34)15-19-9-7-6-8-10-19)32-25(23)36-16-20-11-13-21(14-12-20)37-26(35)28(3,4)5/h6-14,17-18,26,35H,15-16H2,1-5H3,(H,30,31,32,34). The van der Waals surface area contributed by atoms with Crippen molar-refractivity contribution in [1.82, 2.24) is 19.5 Å². The minimum atomic E-state index is -0.921. The van der Waals surface area contributed by atoms with E-state index in [1.165, 1.54) is 0 Å². The van der Waals surface area contributed by atoms with E-state index in [9.17, 15) is 9.90 Å². The maximum absolute atomic E-state index is 12.7. The Morgan fingerprint density at radius 3 is 2.38 bits per heavy atom. The van der Waals surface area contributed by atoms with E-state index in [2.05, 4.69) is 20.3 Å². The van der Waals surface area contributed by atoms with Crippen molar-refractivity contribution < 1.29 is 19.4 Å². The Balaban J connectivity index is 1.52. The van der Waals surface area contributed by atoms with Crippen LogP contribution in [0.3, 0.4) is 0 Å². The molecule has 0 aliphatic rings. The fourth-order valence-electron chi connectivity index (χ4n) is 3.50. The largest absolute Gasteiger partial charge is 0.471 e. The molecule has 4 rings (SSSR count). The maximum atomic E-state index is 12.7. The Hall–Kier alpha value is -3.98. The van der Waals surface area contributed by atoms with Gasteiger partial charge < -0.3 is 19.1 Å². The molecule has 0 fully saturated rings. The van der Waals surface area contributed by atoms with Gasteiger partial charge in [0.25, 0.3) is 0 Å². The molecule has 1 unspecified atom stereocenters. The van der Waals surface area contributed by atoms with E-state index in [0.29, 0.717) is 16.9 Å². The first-order chi connectivity index (χ1) is 17.6. The number of ether oxygens (including phenoxy) is 2. The molecule has 1 amide bonds. The number of nitrogens with one attached hydrogen (secondary N) is 1. The lowest BCUT2D eigenvalue weighted by Crippen LogP contribution is -2.31. The molecule has 0 saturated heterocycles. The highest BCUT2D eigenvalue weighted by Gasteiger charge is 2.24. The molecule has 0 spiro atoms. The van der Waals surface area contributed by atoms with Gasteiger partial charge in [0.05, 0.1) is 12.7 Å². The summed E-state index contributed by atoms with van der Waals surface area (Å²) in [6.45, 7) is 9.99. The van der Waals surface area contributed by atoms with Crippen LogP contribution in [0.5, 0.6) is 11.6 Å². The van der Waals surface area contributed by atoms with Gasteiger partial charge in [0, 0.05) is 11.5 Å². The van der Waals surface area contributed by atoms with Crippen LogP contribution in [0.15, 0.2) is 60.9 Å². The molecule has 2 aromatic carbocycles. The summed E-state index contributed by atoms with van der Waals surface area (Å²) in [4.78, 5) is 26.1. The summed E-state index contributed by atoms with van der Waals surface area (Å²) < 4.78 is 13.6. The summed E-state index contributed by atoms with van der Waals surface area (Å²) in [5, 5.41) is 13.0. The average Bonchev–Trinajstić information content (AvgIpc) is 3.28. The minimum absolute atomic E-state index is 0.108. The van der Waals surface area contributed by atoms with Crippen LogP contribution in [0.1, 0.15) is 51.8 Å². The number of rotatable bonds is 9. The van der Waals surface area contributed by atoms with Crippen LogP contribution >= 0.6 is 0 Å². The molecule has 37 heavy (non-hydrogen) atoms. The predicted molar refractivity (Wildman–Crippen MR) is 141 cm³/mol. The van der Waals surface area contributed by atoms with Crippen molar-refractivity contribution in [2.75, 3.05) is 5.32 Å². The summed E-state index contributed by atoms with van der Waals surface area (Å²) in [5.41, 5.74) is 2.47. The van der Waals surface area contributed by atoms with Gasteiger partial charge in [0.2, 0.25) is 24.0 Å². The number of hydrogen-bond acceptors (Lipinski definition) is 7. The third kappa shape index (κ3) is 6.62. The van der Waals surface area contributed by atoms with E-state index in [1.807, 2.05) is 81.7 Å². The van der Waals surface area contributed by atoms with Crippen molar-refractivity contribution in [3.05, 3.63) is 72.1 Å². The van der Waals surface area contributed by atoms with E-state index in [4.69, 9.17) is 9.47 Å². The summed E-state index contributed by atoms with van der Waals surface area (Å²) in [5.74, 6) is 0.781. The number of carbonyl (C=O) groups excluding carboxylic acids is 1. The topological polar surface area (TPSA) is 111 Å². The molecule has 194 valence electrons. The zero-order chi connectivity index (χ0) is 26.6. The number of amides is 1. The molecule has 2 aromatic heterocycles. The number of fused-ring (bicyclic) bond motifs is 1.